The molecular weight excluding hydrogens is 405 g/mol. The highest BCUT2D eigenvalue weighted by molar-refractivity contribution is 9.10. The first kappa shape index (κ1) is 20.1. The van der Waals surface area contributed by atoms with Gasteiger partial charge in [-0.3, -0.25) is 14.4 Å². The van der Waals surface area contributed by atoms with Crippen molar-refractivity contribution in [1.82, 2.24) is 4.90 Å². The van der Waals surface area contributed by atoms with Gasteiger partial charge in [0.15, 0.2) is 0 Å². The molecule has 0 atom stereocenters. The van der Waals surface area contributed by atoms with E-state index in [0.717, 1.165) is 36.0 Å². The molecule has 1 fully saturated rings. The van der Waals surface area contributed by atoms with Crippen LogP contribution in [0.3, 0.4) is 0 Å². The second-order valence-corrected chi connectivity index (χ2v) is 7.28. The van der Waals surface area contributed by atoms with Gasteiger partial charge in [-0.2, -0.15) is 0 Å². The monoisotopic (exact) mass is 421 g/mol. The summed E-state index contributed by atoms with van der Waals surface area (Å²) >= 11 is 12.4. The summed E-state index contributed by atoms with van der Waals surface area (Å²) < 4.78 is 1.03. The third-order valence-electron chi connectivity index (χ3n) is 3.63. The molecule has 0 saturated carbocycles. The summed E-state index contributed by atoms with van der Waals surface area (Å²) in [6.45, 7) is 5.84. The van der Waals surface area contributed by atoms with Gasteiger partial charge in [-0.1, -0.05) is 28.1 Å². The van der Waals surface area contributed by atoms with E-state index >= 15 is 0 Å². The van der Waals surface area contributed by atoms with Gasteiger partial charge in [0.1, 0.15) is 0 Å². The van der Waals surface area contributed by atoms with E-state index in [0.29, 0.717) is 0 Å². The summed E-state index contributed by atoms with van der Waals surface area (Å²) in [5, 5.41) is -2.28. The zero-order valence-electron chi connectivity index (χ0n) is 12.9. The molecule has 1 aromatic rings. The average molecular weight is 423 g/mol. The van der Waals surface area contributed by atoms with Crippen molar-refractivity contribution in [3.8, 4) is 0 Å². The Morgan fingerprint density at radius 1 is 1.09 bits per heavy atom. The molecule has 1 saturated heterocycles. The number of hydrogen-bond donors (Lipinski definition) is 0. The number of rotatable bonds is 3. The van der Waals surface area contributed by atoms with Crippen LogP contribution in [0.2, 0.25) is 0 Å². The first-order chi connectivity index (χ1) is 10.7. The lowest BCUT2D eigenvalue weighted by molar-refractivity contribution is -0.135. The second-order valence-electron chi connectivity index (χ2n) is 5.68. The van der Waals surface area contributed by atoms with E-state index in [2.05, 4.69) is 39.1 Å². The molecule has 0 aromatic heterocycles. The lowest BCUT2D eigenvalue weighted by Crippen LogP contribution is -2.41. The Balaban J connectivity index is 0.000000379. The SMILES string of the molecule is CC(C)(C(=O)N1CCCC1)c1cccc(Br)c1.O=C(Cl)C(=O)Cl. The fraction of sp³-hybridized carbons (Fsp3) is 0.438. The van der Waals surface area contributed by atoms with Crippen molar-refractivity contribution in [3.05, 3.63) is 34.3 Å². The fourth-order valence-corrected chi connectivity index (χ4v) is 2.72. The fourth-order valence-electron chi connectivity index (χ4n) is 2.32. The Bertz CT molecular complexity index is 587. The van der Waals surface area contributed by atoms with E-state index in [4.69, 9.17) is 0 Å². The van der Waals surface area contributed by atoms with Crippen molar-refractivity contribution < 1.29 is 14.4 Å². The predicted molar refractivity (Wildman–Crippen MR) is 94.7 cm³/mol. The summed E-state index contributed by atoms with van der Waals surface area (Å²) in [5.41, 5.74) is 0.637. The minimum absolute atomic E-state index is 0.244. The van der Waals surface area contributed by atoms with Crippen molar-refractivity contribution in [1.29, 1.82) is 0 Å². The first-order valence-corrected chi connectivity index (χ1v) is 8.66. The molecule has 1 amide bonds. The van der Waals surface area contributed by atoms with Crippen LogP contribution in [-0.2, 0) is 19.8 Å². The van der Waals surface area contributed by atoms with Gasteiger partial charge in [-0.05, 0) is 67.6 Å². The predicted octanol–water partition coefficient (Wildman–Crippen LogP) is 3.87. The largest absolute Gasteiger partial charge is 0.342 e. The van der Waals surface area contributed by atoms with Crippen LogP contribution >= 0.6 is 39.1 Å². The molecule has 23 heavy (non-hydrogen) atoms. The first-order valence-electron chi connectivity index (χ1n) is 7.11. The van der Waals surface area contributed by atoms with Crippen molar-refractivity contribution in [2.24, 2.45) is 0 Å². The van der Waals surface area contributed by atoms with E-state index in [-0.39, 0.29) is 5.91 Å². The quantitative estimate of drug-likeness (QED) is 0.548. The molecule has 126 valence electrons. The zero-order valence-corrected chi connectivity index (χ0v) is 16.0. The van der Waals surface area contributed by atoms with Crippen LogP contribution in [-0.4, -0.2) is 34.4 Å². The molecule has 7 heteroatoms. The Morgan fingerprint density at radius 2 is 1.61 bits per heavy atom. The molecule has 1 aliphatic heterocycles. The van der Waals surface area contributed by atoms with E-state index in [1.165, 1.54) is 0 Å². The highest BCUT2D eigenvalue weighted by Crippen LogP contribution is 2.29. The molecule has 0 N–H and O–H groups in total. The van der Waals surface area contributed by atoms with Gasteiger partial charge in [0.2, 0.25) is 5.91 Å². The van der Waals surface area contributed by atoms with Gasteiger partial charge in [0, 0.05) is 17.6 Å². The van der Waals surface area contributed by atoms with Crippen molar-refractivity contribution in [2.45, 2.75) is 32.1 Å². The Labute approximate surface area is 154 Å². The van der Waals surface area contributed by atoms with Gasteiger partial charge >= 0.3 is 10.5 Å². The summed E-state index contributed by atoms with van der Waals surface area (Å²) in [7, 11) is 0. The lowest BCUT2D eigenvalue weighted by atomic mass is 9.83. The molecule has 0 unspecified atom stereocenters. The van der Waals surface area contributed by atoms with Crippen LogP contribution < -0.4 is 0 Å². The van der Waals surface area contributed by atoms with Crippen LogP contribution in [0.1, 0.15) is 32.3 Å². The van der Waals surface area contributed by atoms with Crippen LogP contribution in [0.4, 0.5) is 0 Å². The molecule has 1 heterocycles. The number of likely N-dealkylation sites (tertiary alicyclic amines) is 1. The standard InChI is InChI=1S/C14H18BrNO.C2Cl2O2/c1-14(2,11-6-5-7-12(15)10-11)13(17)16-8-3-4-9-16;3-1(5)2(4)6/h5-7,10H,3-4,8-9H2,1-2H3;. The summed E-state index contributed by atoms with van der Waals surface area (Å²) in [6, 6.07) is 8.03. The highest BCUT2D eigenvalue weighted by Gasteiger charge is 2.34. The highest BCUT2D eigenvalue weighted by atomic mass is 79.9. The van der Waals surface area contributed by atoms with E-state index < -0.39 is 15.9 Å². The van der Waals surface area contributed by atoms with Crippen LogP contribution in [0.5, 0.6) is 0 Å². The number of halogens is 3. The van der Waals surface area contributed by atoms with Gasteiger partial charge in [0.25, 0.3) is 0 Å². The average Bonchev–Trinajstić information content (AvgIpc) is 3.01. The molecular formula is C16H18BrCl2NO3. The van der Waals surface area contributed by atoms with E-state index in [9.17, 15) is 14.4 Å². The lowest BCUT2D eigenvalue weighted by Gasteiger charge is -2.29. The smallest absolute Gasteiger partial charge is 0.304 e. The third kappa shape index (κ3) is 5.90. The molecule has 0 spiro atoms. The van der Waals surface area contributed by atoms with E-state index in [1.807, 2.05) is 43.0 Å². The maximum atomic E-state index is 12.5. The van der Waals surface area contributed by atoms with Crippen molar-refractivity contribution in [3.63, 3.8) is 0 Å². The van der Waals surface area contributed by atoms with Gasteiger partial charge in [-0.25, -0.2) is 0 Å². The van der Waals surface area contributed by atoms with Crippen LogP contribution in [0.25, 0.3) is 0 Å². The summed E-state index contributed by atoms with van der Waals surface area (Å²) in [6.07, 6.45) is 2.28. The Kier molecular flexibility index (Phi) is 7.71. The zero-order chi connectivity index (χ0) is 17.6. The number of amides is 1. The topological polar surface area (TPSA) is 54.5 Å². The maximum absolute atomic E-state index is 12.5. The number of benzene rings is 1. The summed E-state index contributed by atoms with van der Waals surface area (Å²) in [5.74, 6) is 0.244. The number of nitrogens with zero attached hydrogens (tertiary/aromatic N) is 1. The molecule has 4 nitrogen and oxygen atoms in total. The molecule has 2 rings (SSSR count). The van der Waals surface area contributed by atoms with Gasteiger partial charge < -0.3 is 4.90 Å². The number of carbonyl (C=O) groups is 3. The number of hydrogen-bond acceptors (Lipinski definition) is 3. The normalized spacial score (nSPS) is 14.0. The van der Waals surface area contributed by atoms with Crippen LogP contribution in [0, 0.1) is 0 Å². The minimum Gasteiger partial charge on any atom is -0.342 e. The van der Waals surface area contributed by atoms with Crippen LogP contribution in [0.15, 0.2) is 28.7 Å². The second kappa shape index (κ2) is 8.81. The minimum atomic E-state index is -1.14. The van der Waals surface area contributed by atoms with Gasteiger partial charge in [0.05, 0.1) is 5.41 Å². The summed E-state index contributed by atoms with van der Waals surface area (Å²) in [4.78, 5) is 33.3. The van der Waals surface area contributed by atoms with E-state index in [1.54, 1.807) is 0 Å². The molecule has 0 aliphatic carbocycles. The van der Waals surface area contributed by atoms with Gasteiger partial charge in [-0.15, -0.1) is 0 Å². The van der Waals surface area contributed by atoms with Crippen molar-refractivity contribution >= 4 is 55.5 Å². The Hall–Kier alpha value is -0.910. The van der Waals surface area contributed by atoms with Crippen molar-refractivity contribution in [2.75, 3.05) is 13.1 Å². The molecule has 1 aliphatic rings. The molecule has 1 aromatic carbocycles. The molecule has 0 radical (unpaired) electrons. The molecule has 0 bridgehead atoms. The maximum Gasteiger partial charge on any atom is 0.304 e. The third-order valence-corrected chi connectivity index (χ3v) is 4.56. The Morgan fingerprint density at radius 3 is 2.04 bits per heavy atom. The number of carbonyl (C=O) groups excluding carboxylic acids is 3.